The van der Waals surface area contributed by atoms with Gasteiger partial charge in [-0.15, -0.1) is 0 Å². The lowest BCUT2D eigenvalue weighted by atomic mass is 9.93. The molecule has 0 aromatic heterocycles. The summed E-state index contributed by atoms with van der Waals surface area (Å²) >= 11 is 0. The van der Waals surface area contributed by atoms with Gasteiger partial charge in [0.15, 0.2) is 17.6 Å². The van der Waals surface area contributed by atoms with Gasteiger partial charge < -0.3 is 15.2 Å². The Morgan fingerprint density at radius 2 is 1.92 bits per heavy atom. The van der Waals surface area contributed by atoms with Crippen molar-refractivity contribution >= 4 is 11.9 Å². The summed E-state index contributed by atoms with van der Waals surface area (Å²) in [5.74, 6) is -2.41. The van der Waals surface area contributed by atoms with Crippen molar-refractivity contribution in [2.24, 2.45) is 0 Å². The van der Waals surface area contributed by atoms with Gasteiger partial charge in [-0.3, -0.25) is 4.79 Å². The van der Waals surface area contributed by atoms with Crippen LogP contribution in [0.4, 0.5) is 4.39 Å². The van der Waals surface area contributed by atoms with E-state index in [1.54, 1.807) is 0 Å². The predicted molar refractivity (Wildman–Crippen MR) is 95.7 cm³/mol. The first-order valence-corrected chi connectivity index (χ1v) is 8.24. The normalized spacial score (nSPS) is 12.9. The average Bonchev–Trinajstić information content (AvgIpc) is 2.59. The number of hydrogen-bond donors (Lipinski definition) is 2. The molecule has 2 rings (SSSR count). The fourth-order valence-corrected chi connectivity index (χ4v) is 2.90. The standard InChI is InChI=1S/C20H22FNO4/c1-12-6-4-5-7-15(12)13(2)10-18(23)22-19(20(24)25)14-8-9-17(26-3)16(21)11-14/h4-9,11,13,19H,10H2,1-3H3,(H,22,23)(H,24,25). The minimum atomic E-state index is -1.33. The second-order valence-corrected chi connectivity index (χ2v) is 6.19. The van der Waals surface area contributed by atoms with Crippen molar-refractivity contribution in [2.45, 2.75) is 32.2 Å². The highest BCUT2D eigenvalue weighted by Gasteiger charge is 2.24. The highest BCUT2D eigenvalue weighted by Crippen LogP contribution is 2.25. The second-order valence-electron chi connectivity index (χ2n) is 6.19. The Hall–Kier alpha value is -2.89. The van der Waals surface area contributed by atoms with Crippen molar-refractivity contribution in [1.29, 1.82) is 0 Å². The second kappa shape index (κ2) is 8.47. The smallest absolute Gasteiger partial charge is 0.330 e. The lowest BCUT2D eigenvalue weighted by molar-refractivity contribution is -0.142. The molecule has 0 saturated heterocycles. The third-order valence-corrected chi connectivity index (χ3v) is 4.27. The Morgan fingerprint density at radius 1 is 1.23 bits per heavy atom. The number of halogens is 1. The van der Waals surface area contributed by atoms with Crippen LogP contribution >= 0.6 is 0 Å². The van der Waals surface area contributed by atoms with Gasteiger partial charge in [0, 0.05) is 6.42 Å². The van der Waals surface area contributed by atoms with Crippen LogP contribution in [0.1, 0.15) is 42.0 Å². The van der Waals surface area contributed by atoms with Crippen molar-refractivity contribution in [3.05, 3.63) is 65.0 Å². The van der Waals surface area contributed by atoms with Crippen LogP contribution in [0.2, 0.25) is 0 Å². The van der Waals surface area contributed by atoms with Crippen LogP contribution < -0.4 is 10.1 Å². The van der Waals surface area contributed by atoms with Crippen LogP contribution in [0.5, 0.6) is 5.75 Å². The molecule has 0 bridgehead atoms. The summed E-state index contributed by atoms with van der Waals surface area (Å²) in [4.78, 5) is 23.9. The van der Waals surface area contributed by atoms with Crippen molar-refractivity contribution in [3.63, 3.8) is 0 Å². The topological polar surface area (TPSA) is 75.6 Å². The molecule has 0 radical (unpaired) electrons. The summed E-state index contributed by atoms with van der Waals surface area (Å²) in [5, 5.41) is 11.9. The number of ether oxygens (including phenoxy) is 1. The van der Waals surface area contributed by atoms with Gasteiger partial charge in [-0.1, -0.05) is 37.3 Å². The zero-order chi connectivity index (χ0) is 19.3. The van der Waals surface area contributed by atoms with Gasteiger partial charge in [-0.25, -0.2) is 9.18 Å². The van der Waals surface area contributed by atoms with Gasteiger partial charge in [0.05, 0.1) is 7.11 Å². The van der Waals surface area contributed by atoms with E-state index in [1.807, 2.05) is 38.1 Å². The van der Waals surface area contributed by atoms with Crippen molar-refractivity contribution in [1.82, 2.24) is 5.32 Å². The Bertz CT molecular complexity index is 806. The van der Waals surface area contributed by atoms with Gasteiger partial charge in [-0.05, 0) is 41.7 Å². The molecule has 0 aliphatic heterocycles. The van der Waals surface area contributed by atoms with Crippen molar-refractivity contribution in [2.75, 3.05) is 7.11 Å². The van der Waals surface area contributed by atoms with E-state index in [1.165, 1.54) is 19.2 Å². The molecule has 0 spiro atoms. The number of amides is 1. The average molecular weight is 359 g/mol. The first-order chi connectivity index (χ1) is 12.3. The molecule has 138 valence electrons. The van der Waals surface area contributed by atoms with E-state index in [4.69, 9.17) is 4.74 Å². The van der Waals surface area contributed by atoms with Crippen LogP contribution in [0, 0.1) is 12.7 Å². The maximum Gasteiger partial charge on any atom is 0.330 e. The SMILES string of the molecule is COc1ccc(C(NC(=O)CC(C)c2ccccc2C)C(=O)O)cc1F. The van der Waals surface area contributed by atoms with Crippen LogP contribution in [-0.2, 0) is 9.59 Å². The number of hydrogen-bond acceptors (Lipinski definition) is 3. The van der Waals surface area contributed by atoms with E-state index in [9.17, 15) is 19.1 Å². The Balaban J connectivity index is 2.12. The summed E-state index contributed by atoms with van der Waals surface area (Å²) in [6, 6.07) is 10.2. The molecule has 0 heterocycles. The summed E-state index contributed by atoms with van der Waals surface area (Å²) < 4.78 is 18.7. The monoisotopic (exact) mass is 359 g/mol. The third-order valence-electron chi connectivity index (χ3n) is 4.27. The molecule has 5 nitrogen and oxygen atoms in total. The van der Waals surface area contributed by atoms with Crippen LogP contribution in [-0.4, -0.2) is 24.1 Å². The van der Waals surface area contributed by atoms with E-state index in [2.05, 4.69) is 5.32 Å². The third kappa shape index (κ3) is 4.59. The molecule has 2 N–H and O–H groups in total. The van der Waals surface area contributed by atoms with Gasteiger partial charge in [0.2, 0.25) is 5.91 Å². The maximum absolute atomic E-state index is 13.9. The molecule has 26 heavy (non-hydrogen) atoms. The predicted octanol–water partition coefficient (Wildman–Crippen LogP) is 3.58. The Kier molecular flexibility index (Phi) is 6.33. The molecule has 2 atom stereocenters. The fraction of sp³-hybridized carbons (Fsp3) is 0.300. The molecule has 0 fully saturated rings. The van der Waals surface area contributed by atoms with E-state index in [0.717, 1.165) is 17.2 Å². The Morgan fingerprint density at radius 3 is 2.50 bits per heavy atom. The van der Waals surface area contributed by atoms with E-state index in [-0.39, 0.29) is 23.7 Å². The molecule has 0 aliphatic carbocycles. The number of carboxylic acid groups (broad SMARTS) is 1. The summed E-state index contributed by atoms with van der Waals surface area (Å²) in [5.41, 5.74) is 2.25. The van der Waals surface area contributed by atoms with Crippen LogP contribution in [0.15, 0.2) is 42.5 Å². The first kappa shape index (κ1) is 19.4. The van der Waals surface area contributed by atoms with E-state index < -0.39 is 23.7 Å². The maximum atomic E-state index is 13.9. The Labute approximate surface area is 151 Å². The molecule has 1 amide bonds. The zero-order valence-electron chi connectivity index (χ0n) is 15.0. The van der Waals surface area contributed by atoms with Gasteiger partial charge >= 0.3 is 5.97 Å². The number of carboxylic acids is 1. The van der Waals surface area contributed by atoms with Gasteiger partial charge in [0.1, 0.15) is 0 Å². The molecule has 2 unspecified atom stereocenters. The molecule has 0 aliphatic rings. The number of methoxy groups -OCH3 is 1. The number of carbonyl (C=O) groups is 2. The summed E-state index contributed by atoms with van der Waals surface area (Å²) in [6.07, 6.45) is 0.132. The molecular weight excluding hydrogens is 337 g/mol. The quantitative estimate of drug-likeness (QED) is 0.792. The molecule has 0 saturated carbocycles. The number of aliphatic carboxylic acids is 1. The lowest BCUT2D eigenvalue weighted by Crippen LogP contribution is -2.34. The minimum Gasteiger partial charge on any atom is -0.494 e. The number of nitrogens with one attached hydrogen (secondary N) is 1. The molecule has 2 aromatic rings. The molecular formula is C20H22FNO4. The van der Waals surface area contributed by atoms with Gasteiger partial charge in [-0.2, -0.15) is 0 Å². The number of rotatable bonds is 7. The van der Waals surface area contributed by atoms with Crippen LogP contribution in [0.25, 0.3) is 0 Å². The lowest BCUT2D eigenvalue weighted by Gasteiger charge is -2.18. The first-order valence-electron chi connectivity index (χ1n) is 8.24. The van der Waals surface area contributed by atoms with Crippen molar-refractivity contribution in [3.8, 4) is 5.75 Å². The van der Waals surface area contributed by atoms with Crippen LogP contribution in [0.3, 0.4) is 0 Å². The summed E-state index contributed by atoms with van der Waals surface area (Å²) in [7, 11) is 1.32. The van der Waals surface area contributed by atoms with Gasteiger partial charge in [0.25, 0.3) is 0 Å². The van der Waals surface area contributed by atoms with E-state index in [0.29, 0.717) is 0 Å². The number of benzene rings is 2. The highest BCUT2D eigenvalue weighted by molar-refractivity contribution is 5.85. The highest BCUT2D eigenvalue weighted by atomic mass is 19.1. The number of aryl methyl sites for hydroxylation is 1. The zero-order valence-corrected chi connectivity index (χ0v) is 15.0. The molecule has 2 aromatic carbocycles. The van der Waals surface area contributed by atoms with E-state index >= 15 is 0 Å². The minimum absolute atomic E-state index is 0.0115. The largest absolute Gasteiger partial charge is 0.494 e. The number of carbonyl (C=O) groups excluding carboxylic acids is 1. The van der Waals surface area contributed by atoms with Crippen molar-refractivity contribution < 1.29 is 23.8 Å². The molecule has 6 heteroatoms. The summed E-state index contributed by atoms with van der Waals surface area (Å²) in [6.45, 7) is 3.87. The fourth-order valence-electron chi connectivity index (χ4n) is 2.90.